The average molecular weight is 415 g/mol. The molecular weight excluding hydrogens is 386 g/mol. The summed E-state index contributed by atoms with van der Waals surface area (Å²) in [6.07, 6.45) is 7.35. The summed E-state index contributed by atoms with van der Waals surface area (Å²) in [4.78, 5) is 0. The first-order chi connectivity index (χ1) is 15.2. The van der Waals surface area contributed by atoms with Gasteiger partial charge in [-0.3, -0.25) is 0 Å². The van der Waals surface area contributed by atoms with E-state index in [-0.39, 0.29) is 11.6 Å². The monoisotopic (exact) mass is 414 g/mol. The fourth-order valence-electron chi connectivity index (χ4n) is 4.14. The van der Waals surface area contributed by atoms with Crippen LogP contribution in [0.3, 0.4) is 0 Å². The zero-order valence-electron chi connectivity index (χ0n) is 18.0. The molecule has 0 saturated heterocycles. The number of aryl methyl sites for hydroxylation is 1. The molecule has 31 heavy (non-hydrogen) atoms. The van der Waals surface area contributed by atoms with Gasteiger partial charge in [-0.05, 0) is 52.6 Å². The van der Waals surface area contributed by atoms with Gasteiger partial charge in [0.1, 0.15) is 11.6 Å². The number of rotatable bonds is 8. The quantitative estimate of drug-likeness (QED) is 0.252. The fraction of sp³-hybridized carbons (Fsp3) is 0.241. The highest BCUT2D eigenvalue weighted by Crippen LogP contribution is 2.31. The van der Waals surface area contributed by atoms with Crippen LogP contribution < -0.4 is 0 Å². The van der Waals surface area contributed by atoms with Crippen LogP contribution in [0.15, 0.2) is 78.9 Å². The van der Waals surface area contributed by atoms with E-state index in [1.807, 2.05) is 42.5 Å². The average Bonchev–Trinajstić information content (AvgIpc) is 2.80. The number of halogens is 2. The molecule has 0 bridgehead atoms. The lowest BCUT2D eigenvalue weighted by Crippen LogP contribution is -1.90. The van der Waals surface area contributed by atoms with Gasteiger partial charge in [-0.25, -0.2) is 8.78 Å². The highest BCUT2D eigenvalue weighted by molar-refractivity contribution is 5.89. The molecular formula is C29H28F2. The Hall–Kier alpha value is -3.00. The van der Waals surface area contributed by atoms with Crippen LogP contribution in [0, 0.1) is 11.6 Å². The van der Waals surface area contributed by atoms with E-state index in [1.54, 1.807) is 12.1 Å². The molecule has 0 aliphatic rings. The van der Waals surface area contributed by atoms with Gasteiger partial charge in [-0.1, -0.05) is 99.3 Å². The first kappa shape index (κ1) is 21.2. The van der Waals surface area contributed by atoms with Crippen LogP contribution >= 0.6 is 0 Å². The predicted molar refractivity (Wildman–Crippen MR) is 127 cm³/mol. The van der Waals surface area contributed by atoms with Gasteiger partial charge in [-0.2, -0.15) is 0 Å². The zero-order valence-corrected chi connectivity index (χ0v) is 18.0. The number of hydrogen-bond acceptors (Lipinski definition) is 0. The standard InChI is InChI=1S/C29H28F2/c1-2-3-4-5-6-7-21-8-18-28-25(20-21)15-19-27(29(28)31)24-11-9-22(10-12-24)23-13-16-26(30)17-14-23/h8-20H,2-7H2,1H3. The molecule has 4 rings (SSSR count). The molecule has 0 aliphatic carbocycles. The SMILES string of the molecule is CCCCCCCc1ccc2c(F)c(-c3ccc(-c4ccc(F)cc4)cc3)ccc2c1. The van der Waals surface area contributed by atoms with Crippen molar-refractivity contribution < 1.29 is 8.78 Å². The van der Waals surface area contributed by atoms with E-state index < -0.39 is 0 Å². The summed E-state index contributed by atoms with van der Waals surface area (Å²) in [5, 5.41) is 1.62. The van der Waals surface area contributed by atoms with Gasteiger partial charge >= 0.3 is 0 Å². The van der Waals surface area contributed by atoms with Gasteiger partial charge in [0, 0.05) is 10.9 Å². The van der Waals surface area contributed by atoms with Crippen LogP contribution in [0.4, 0.5) is 8.78 Å². The Kier molecular flexibility index (Phi) is 6.76. The van der Waals surface area contributed by atoms with Crippen LogP contribution in [-0.2, 0) is 6.42 Å². The van der Waals surface area contributed by atoms with E-state index in [0.717, 1.165) is 28.5 Å². The molecule has 0 fully saturated rings. The minimum Gasteiger partial charge on any atom is -0.207 e. The molecule has 4 aromatic rings. The van der Waals surface area contributed by atoms with Gasteiger partial charge in [-0.15, -0.1) is 0 Å². The molecule has 0 aliphatic heterocycles. The molecule has 158 valence electrons. The zero-order chi connectivity index (χ0) is 21.6. The molecule has 0 atom stereocenters. The van der Waals surface area contributed by atoms with Crippen molar-refractivity contribution in [3.8, 4) is 22.3 Å². The topological polar surface area (TPSA) is 0 Å². The van der Waals surface area contributed by atoms with E-state index in [9.17, 15) is 4.39 Å². The van der Waals surface area contributed by atoms with Gasteiger partial charge in [0.2, 0.25) is 0 Å². The largest absolute Gasteiger partial charge is 0.207 e. The number of hydrogen-bond donors (Lipinski definition) is 0. The molecule has 0 N–H and O–H groups in total. The van der Waals surface area contributed by atoms with Gasteiger partial charge < -0.3 is 0 Å². The lowest BCUT2D eigenvalue weighted by atomic mass is 9.96. The second-order valence-electron chi connectivity index (χ2n) is 8.23. The van der Waals surface area contributed by atoms with Crippen molar-refractivity contribution in [2.45, 2.75) is 45.4 Å². The van der Waals surface area contributed by atoms with Crippen molar-refractivity contribution in [2.75, 3.05) is 0 Å². The third-order valence-electron chi connectivity index (χ3n) is 5.96. The van der Waals surface area contributed by atoms with E-state index in [2.05, 4.69) is 19.1 Å². The molecule has 0 radical (unpaired) electrons. The second kappa shape index (κ2) is 9.87. The van der Waals surface area contributed by atoms with Crippen LogP contribution in [-0.4, -0.2) is 0 Å². The van der Waals surface area contributed by atoms with Gasteiger partial charge in [0.25, 0.3) is 0 Å². The van der Waals surface area contributed by atoms with Crippen LogP contribution in [0.1, 0.15) is 44.6 Å². The minimum absolute atomic E-state index is 0.179. The van der Waals surface area contributed by atoms with Crippen molar-refractivity contribution in [3.05, 3.63) is 96.1 Å². The molecule has 0 spiro atoms. The highest BCUT2D eigenvalue weighted by atomic mass is 19.1. The Morgan fingerprint density at radius 1 is 0.613 bits per heavy atom. The molecule has 0 nitrogen and oxygen atoms in total. The maximum atomic E-state index is 15.3. The Labute approximate surface area is 183 Å². The normalized spacial score (nSPS) is 11.2. The summed E-state index contributed by atoms with van der Waals surface area (Å²) in [7, 11) is 0. The highest BCUT2D eigenvalue weighted by Gasteiger charge is 2.10. The third-order valence-corrected chi connectivity index (χ3v) is 5.96. The van der Waals surface area contributed by atoms with Crippen molar-refractivity contribution in [2.24, 2.45) is 0 Å². The van der Waals surface area contributed by atoms with Crippen molar-refractivity contribution in [1.82, 2.24) is 0 Å². The summed E-state index contributed by atoms with van der Waals surface area (Å²) in [5.41, 5.74) is 4.64. The lowest BCUT2D eigenvalue weighted by Gasteiger charge is -2.10. The van der Waals surface area contributed by atoms with E-state index in [1.165, 1.54) is 49.8 Å². The Bertz CT molecular complexity index is 1140. The van der Waals surface area contributed by atoms with Crippen molar-refractivity contribution in [1.29, 1.82) is 0 Å². The molecule has 2 heteroatoms. The molecule has 0 saturated carbocycles. The van der Waals surface area contributed by atoms with Crippen molar-refractivity contribution in [3.63, 3.8) is 0 Å². The summed E-state index contributed by atoms with van der Waals surface area (Å²) >= 11 is 0. The third kappa shape index (κ3) is 5.02. The summed E-state index contributed by atoms with van der Waals surface area (Å²) in [6, 6.07) is 24.2. The van der Waals surface area contributed by atoms with E-state index in [0.29, 0.717) is 10.9 Å². The molecule has 0 unspecified atom stereocenters. The molecule has 4 aromatic carbocycles. The Morgan fingerprint density at radius 2 is 1.26 bits per heavy atom. The van der Waals surface area contributed by atoms with Gasteiger partial charge in [0.15, 0.2) is 0 Å². The summed E-state index contributed by atoms with van der Waals surface area (Å²) in [5.74, 6) is -0.431. The lowest BCUT2D eigenvalue weighted by molar-refractivity contribution is 0.628. The summed E-state index contributed by atoms with van der Waals surface area (Å²) in [6.45, 7) is 2.23. The van der Waals surface area contributed by atoms with Gasteiger partial charge in [0.05, 0.1) is 0 Å². The second-order valence-corrected chi connectivity index (χ2v) is 8.23. The van der Waals surface area contributed by atoms with E-state index in [4.69, 9.17) is 0 Å². The van der Waals surface area contributed by atoms with Crippen LogP contribution in [0.2, 0.25) is 0 Å². The first-order valence-electron chi connectivity index (χ1n) is 11.2. The Morgan fingerprint density at radius 3 is 1.97 bits per heavy atom. The van der Waals surface area contributed by atoms with Crippen molar-refractivity contribution >= 4 is 10.8 Å². The van der Waals surface area contributed by atoms with Crippen LogP contribution in [0.5, 0.6) is 0 Å². The minimum atomic E-state index is -0.252. The fourth-order valence-corrected chi connectivity index (χ4v) is 4.14. The Balaban J connectivity index is 1.53. The first-order valence-corrected chi connectivity index (χ1v) is 11.2. The van der Waals surface area contributed by atoms with Crippen LogP contribution in [0.25, 0.3) is 33.0 Å². The predicted octanol–water partition coefficient (Wildman–Crippen LogP) is 8.96. The molecule has 0 amide bonds. The maximum Gasteiger partial charge on any atom is 0.138 e. The molecule has 0 heterocycles. The number of unbranched alkanes of at least 4 members (excludes halogenated alkanes) is 4. The number of fused-ring (bicyclic) bond motifs is 1. The molecule has 0 aromatic heterocycles. The maximum absolute atomic E-state index is 15.3. The smallest absolute Gasteiger partial charge is 0.138 e. The van der Waals surface area contributed by atoms with E-state index >= 15 is 4.39 Å². The number of benzene rings is 4. The summed E-state index contributed by atoms with van der Waals surface area (Å²) < 4.78 is 28.5.